The minimum absolute atomic E-state index is 0.000122. The molecule has 1 saturated heterocycles. The van der Waals surface area contributed by atoms with Gasteiger partial charge in [-0.3, -0.25) is 19.2 Å². The number of hydrogen-bond acceptors (Lipinski definition) is 6. The van der Waals surface area contributed by atoms with Gasteiger partial charge in [-0.1, -0.05) is 67.9 Å². The van der Waals surface area contributed by atoms with E-state index in [0.29, 0.717) is 18.0 Å². The Morgan fingerprint density at radius 2 is 1.71 bits per heavy atom. The van der Waals surface area contributed by atoms with Gasteiger partial charge in [0, 0.05) is 28.9 Å². The molecule has 2 saturated carbocycles. The fourth-order valence-corrected chi connectivity index (χ4v) is 6.24. The second-order valence-corrected chi connectivity index (χ2v) is 13.3. The average molecular weight is 637 g/mol. The highest BCUT2D eigenvalue weighted by molar-refractivity contribution is 6.38. The summed E-state index contributed by atoms with van der Waals surface area (Å²) in [5, 5.41) is 11.4. The van der Waals surface area contributed by atoms with Crippen molar-refractivity contribution in [2.75, 3.05) is 6.54 Å². The maximum absolute atomic E-state index is 13.7. The van der Waals surface area contributed by atoms with Crippen LogP contribution in [0.15, 0.2) is 54.6 Å². The predicted molar refractivity (Wildman–Crippen MR) is 168 cm³/mol. The normalized spacial score (nSPS) is 20.4. The number of carbonyl (C=O) groups is 5. The van der Waals surface area contributed by atoms with Crippen LogP contribution in [0.5, 0.6) is 0 Å². The third-order valence-electron chi connectivity index (χ3n) is 8.79. The van der Waals surface area contributed by atoms with Gasteiger partial charge >= 0.3 is 6.09 Å². The first-order valence-electron chi connectivity index (χ1n) is 15.8. The molecule has 0 spiro atoms. The second-order valence-electron chi connectivity index (χ2n) is 12.9. The van der Waals surface area contributed by atoms with E-state index in [9.17, 15) is 24.0 Å². The zero-order valence-electron chi connectivity index (χ0n) is 25.6. The molecule has 2 aromatic carbocycles. The molecule has 4 atom stereocenters. The molecular weight excluding hydrogens is 596 g/mol. The van der Waals surface area contributed by atoms with E-state index in [1.165, 1.54) is 0 Å². The summed E-state index contributed by atoms with van der Waals surface area (Å²) in [5.74, 6) is -2.94. The summed E-state index contributed by atoms with van der Waals surface area (Å²) in [7, 11) is 0. The third kappa shape index (κ3) is 8.22. The molecule has 0 bridgehead atoms. The van der Waals surface area contributed by atoms with Crippen LogP contribution in [0.1, 0.15) is 76.0 Å². The smallest absolute Gasteiger partial charge is 0.408 e. The SMILES string of the molecule is CC(C)CC(NC(=O)OC(c1ccccc1)C1(c2cccc(Cl)c2)CC1)C(=O)NC(CC1CCNC1=O)C(=O)C(=O)NC1CC1. The van der Waals surface area contributed by atoms with Crippen LogP contribution in [0.3, 0.4) is 0 Å². The van der Waals surface area contributed by atoms with Crippen LogP contribution < -0.4 is 21.3 Å². The summed E-state index contributed by atoms with van der Waals surface area (Å²) in [6, 6.07) is 14.7. The van der Waals surface area contributed by atoms with E-state index >= 15 is 0 Å². The summed E-state index contributed by atoms with van der Waals surface area (Å²) in [4.78, 5) is 65.4. The number of carbonyl (C=O) groups excluding carboxylic acids is 5. The van der Waals surface area contributed by atoms with Crippen LogP contribution in [0.25, 0.3) is 0 Å². The first kappa shape index (κ1) is 32.5. The fraction of sp³-hybridized carbons (Fsp3) is 0.500. The Hall–Kier alpha value is -3.92. The molecule has 240 valence electrons. The lowest BCUT2D eigenvalue weighted by Gasteiger charge is -2.29. The molecule has 45 heavy (non-hydrogen) atoms. The zero-order valence-corrected chi connectivity index (χ0v) is 26.4. The van der Waals surface area contributed by atoms with Gasteiger partial charge in [-0.2, -0.15) is 0 Å². The molecule has 5 rings (SSSR count). The van der Waals surface area contributed by atoms with E-state index in [0.717, 1.165) is 36.8 Å². The molecule has 10 nitrogen and oxygen atoms in total. The minimum Gasteiger partial charge on any atom is -0.440 e. The largest absolute Gasteiger partial charge is 0.440 e. The lowest BCUT2D eigenvalue weighted by molar-refractivity contribution is -0.141. The standard InChI is InChI=1S/C34H41ClN4O6/c1-20(2)17-27(31(42)38-26(18-22-13-16-36-30(22)41)28(40)32(43)37-25-11-12-25)39-33(44)45-29(21-7-4-3-5-8-21)34(14-15-34)23-9-6-10-24(35)19-23/h3-10,19-20,22,25-27,29H,11-18H2,1-2H3,(H,36,41)(H,37,43)(H,38,42)(H,39,44). The number of hydrogen-bond donors (Lipinski definition) is 4. The van der Waals surface area contributed by atoms with Crippen molar-refractivity contribution in [2.45, 2.75) is 88.4 Å². The van der Waals surface area contributed by atoms with Crippen LogP contribution >= 0.6 is 11.6 Å². The minimum atomic E-state index is -1.22. The van der Waals surface area contributed by atoms with E-state index in [1.54, 1.807) is 6.07 Å². The Labute approximate surface area is 268 Å². The molecule has 4 amide bonds. The molecule has 3 aliphatic rings. The second kappa shape index (κ2) is 14.0. The van der Waals surface area contributed by atoms with Crippen molar-refractivity contribution in [3.63, 3.8) is 0 Å². The lowest BCUT2D eigenvalue weighted by Crippen LogP contribution is -2.55. The molecule has 11 heteroatoms. The molecule has 4 unspecified atom stereocenters. The first-order valence-corrected chi connectivity index (χ1v) is 16.1. The van der Waals surface area contributed by atoms with Crippen LogP contribution in [0.4, 0.5) is 4.79 Å². The Morgan fingerprint density at radius 1 is 0.978 bits per heavy atom. The van der Waals surface area contributed by atoms with E-state index in [1.807, 2.05) is 62.4 Å². The molecular formula is C34H41ClN4O6. The topological polar surface area (TPSA) is 143 Å². The Morgan fingerprint density at radius 3 is 2.31 bits per heavy atom. The maximum Gasteiger partial charge on any atom is 0.408 e. The molecule has 0 radical (unpaired) electrons. The number of halogens is 1. The van der Waals surface area contributed by atoms with Gasteiger partial charge in [0.05, 0.1) is 6.04 Å². The zero-order chi connectivity index (χ0) is 32.1. The van der Waals surface area contributed by atoms with Crippen molar-refractivity contribution in [3.8, 4) is 0 Å². The number of Topliss-reactive ketones (excluding diaryl/α,β-unsaturated/α-hetero) is 1. The van der Waals surface area contributed by atoms with Crippen molar-refractivity contribution < 1.29 is 28.7 Å². The monoisotopic (exact) mass is 636 g/mol. The number of ketones is 1. The first-order chi connectivity index (χ1) is 21.6. The molecule has 0 aromatic heterocycles. The van der Waals surface area contributed by atoms with Crippen LogP contribution in [-0.2, 0) is 29.3 Å². The Balaban J connectivity index is 1.33. The van der Waals surface area contributed by atoms with E-state index in [2.05, 4.69) is 21.3 Å². The number of ether oxygens (including phenoxy) is 1. The van der Waals surface area contributed by atoms with E-state index < -0.39 is 53.2 Å². The highest BCUT2D eigenvalue weighted by atomic mass is 35.5. The molecule has 2 aliphatic carbocycles. The highest BCUT2D eigenvalue weighted by Gasteiger charge is 2.53. The third-order valence-corrected chi connectivity index (χ3v) is 9.02. The number of nitrogens with one attached hydrogen (secondary N) is 4. The summed E-state index contributed by atoms with van der Waals surface area (Å²) < 4.78 is 6.13. The number of benzene rings is 2. The van der Waals surface area contributed by atoms with Gasteiger partial charge in [0.2, 0.25) is 17.6 Å². The van der Waals surface area contributed by atoms with Gasteiger partial charge in [-0.25, -0.2) is 4.79 Å². The van der Waals surface area contributed by atoms with Crippen LogP contribution in [0.2, 0.25) is 5.02 Å². The fourth-order valence-electron chi connectivity index (χ4n) is 6.05. The summed E-state index contributed by atoms with van der Waals surface area (Å²) >= 11 is 6.32. The van der Waals surface area contributed by atoms with Crippen molar-refractivity contribution >= 4 is 41.2 Å². The molecule has 1 aliphatic heterocycles. The predicted octanol–water partition coefficient (Wildman–Crippen LogP) is 4.11. The van der Waals surface area contributed by atoms with Gasteiger partial charge < -0.3 is 26.0 Å². The van der Waals surface area contributed by atoms with Crippen molar-refractivity contribution in [1.29, 1.82) is 0 Å². The Kier molecular flexibility index (Phi) is 10.1. The van der Waals surface area contributed by atoms with Crippen LogP contribution in [0, 0.1) is 11.8 Å². The molecule has 2 aromatic rings. The molecule has 1 heterocycles. The number of amides is 4. The quantitative estimate of drug-likeness (QED) is 0.230. The summed E-state index contributed by atoms with van der Waals surface area (Å²) in [6.45, 7) is 4.29. The van der Waals surface area contributed by atoms with Gasteiger partial charge in [-0.05, 0) is 74.1 Å². The van der Waals surface area contributed by atoms with Gasteiger partial charge in [0.25, 0.3) is 5.91 Å². The van der Waals surface area contributed by atoms with Gasteiger partial charge in [0.15, 0.2) is 0 Å². The highest BCUT2D eigenvalue weighted by Crippen LogP contribution is 2.58. The van der Waals surface area contributed by atoms with E-state index in [-0.39, 0.29) is 30.7 Å². The lowest BCUT2D eigenvalue weighted by atomic mass is 9.86. The molecule has 4 N–H and O–H groups in total. The molecule has 3 fully saturated rings. The summed E-state index contributed by atoms with van der Waals surface area (Å²) in [6.07, 6.45) is 2.51. The van der Waals surface area contributed by atoms with Crippen molar-refractivity contribution in [1.82, 2.24) is 21.3 Å². The van der Waals surface area contributed by atoms with Gasteiger partial charge in [-0.15, -0.1) is 0 Å². The number of alkyl carbamates (subject to hydrolysis) is 1. The summed E-state index contributed by atoms with van der Waals surface area (Å²) in [5.41, 5.74) is 1.32. The Bertz CT molecular complexity index is 1420. The van der Waals surface area contributed by atoms with Crippen molar-refractivity contribution in [3.05, 3.63) is 70.7 Å². The maximum atomic E-state index is 13.7. The number of rotatable bonds is 14. The average Bonchev–Trinajstić information content (AvgIpc) is 3.95. The van der Waals surface area contributed by atoms with Gasteiger partial charge in [0.1, 0.15) is 12.1 Å². The van der Waals surface area contributed by atoms with Crippen molar-refractivity contribution in [2.24, 2.45) is 11.8 Å². The van der Waals surface area contributed by atoms with Crippen LogP contribution in [-0.4, -0.2) is 54.3 Å². The van der Waals surface area contributed by atoms with E-state index in [4.69, 9.17) is 16.3 Å².